The average molecular weight is 187 g/mol. The second-order valence-electron chi connectivity index (χ2n) is 3.40. The number of benzene rings is 1. The van der Waals surface area contributed by atoms with Crippen LogP contribution in [-0.2, 0) is 0 Å². The number of para-hydroxylation sites is 1. The highest BCUT2D eigenvalue weighted by molar-refractivity contribution is 5.89. The van der Waals surface area contributed by atoms with Gasteiger partial charge in [0.15, 0.2) is 0 Å². The molecule has 14 heavy (non-hydrogen) atoms. The summed E-state index contributed by atoms with van der Waals surface area (Å²) in [5, 5.41) is 7.15. The summed E-state index contributed by atoms with van der Waals surface area (Å²) in [5.74, 6) is 0. The summed E-state index contributed by atoms with van der Waals surface area (Å²) in [7, 11) is 3.80. The van der Waals surface area contributed by atoms with Gasteiger partial charge in [-0.2, -0.15) is 5.10 Å². The van der Waals surface area contributed by atoms with Gasteiger partial charge in [-0.25, -0.2) is 0 Å². The van der Waals surface area contributed by atoms with Crippen LogP contribution in [-0.4, -0.2) is 30.3 Å². The molecule has 1 aromatic heterocycles. The summed E-state index contributed by atoms with van der Waals surface area (Å²) in [5.41, 5.74) is 2.17. The van der Waals surface area contributed by atoms with Crippen LogP contribution in [0.3, 0.4) is 0 Å². The first-order chi connectivity index (χ1) is 6.75. The third kappa shape index (κ3) is 1.76. The number of H-pyrrole nitrogens is 1. The standard InChI is InChI=1S/C11H13N3/c1-14(2)12-8-10-7-9-5-3-4-6-11(9)13-10/h3-8,13H,1-2H3/b12-8+. The predicted molar refractivity (Wildman–Crippen MR) is 59.6 cm³/mol. The van der Waals surface area contributed by atoms with E-state index in [9.17, 15) is 0 Å². The SMILES string of the molecule is CN(C)/N=C/c1cc2ccccc2[nH]1. The maximum absolute atomic E-state index is 4.17. The molecule has 0 saturated carbocycles. The van der Waals surface area contributed by atoms with Crippen LogP contribution < -0.4 is 0 Å². The van der Waals surface area contributed by atoms with Gasteiger partial charge >= 0.3 is 0 Å². The maximum Gasteiger partial charge on any atom is 0.0705 e. The van der Waals surface area contributed by atoms with Gasteiger partial charge < -0.3 is 9.99 Å². The molecule has 2 rings (SSSR count). The molecular weight excluding hydrogens is 174 g/mol. The van der Waals surface area contributed by atoms with Crippen LogP contribution in [0.4, 0.5) is 0 Å². The Bertz CT molecular complexity index is 421. The number of hydrogen-bond acceptors (Lipinski definition) is 2. The number of aromatic amines is 1. The van der Waals surface area contributed by atoms with Crippen LogP contribution in [0, 0.1) is 0 Å². The molecule has 0 radical (unpaired) electrons. The summed E-state index contributed by atoms with van der Waals surface area (Å²) in [6.07, 6.45) is 1.82. The molecule has 0 saturated heterocycles. The zero-order chi connectivity index (χ0) is 9.97. The first kappa shape index (κ1) is 8.81. The number of rotatable bonds is 2. The zero-order valence-corrected chi connectivity index (χ0v) is 8.36. The first-order valence-electron chi connectivity index (χ1n) is 4.55. The Kier molecular flexibility index (Phi) is 2.23. The number of aromatic nitrogens is 1. The highest BCUT2D eigenvalue weighted by atomic mass is 15.4. The average Bonchev–Trinajstić information content (AvgIpc) is 2.57. The van der Waals surface area contributed by atoms with Crippen LogP contribution >= 0.6 is 0 Å². The molecule has 1 aromatic carbocycles. The summed E-state index contributed by atoms with van der Waals surface area (Å²) in [6, 6.07) is 10.3. The van der Waals surface area contributed by atoms with Crippen LogP contribution in [0.1, 0.15) is 5.69 Å². The van der Waals surface area contributed by atoms with Gasteiger partial charge in [0.05, 0.1) is 11.9 Å². The number of fused-ring (bicyclic) bond motifs is 1. The van der Waals surface area contributed by atoms with Crippen LogP contribution in [0.2, 0.25) is 0 Å². The minimum Gasteiger partial charge on any atom is -0.354 e. The Labute approximate surface area is 83.0 Å². The van der Waals surface area contributed by atoms with Crippen molar-refractivity contribution in [3.63, 3.8) is 0 Å². The molecule has 2 aromatic rings. The van der Waals surface area contributed by atoms with E-state index in [-0.39, 0.29) is 0 Å². The Morgan fingerprint density at radius 2 is 2.07 bits per heavy atom. The van der Waals surface area contributed by atoms with Crippen molar-refractivity contribution in [2.45, 2.75) is 0 Å². The second kappa shape index (κ2) is 3.54. The van der Waals surface area contributed by atoms with E-state index in [0.29, 0.717) is 0 Å². The summed E-state index contributed by atoms with van der Waals surface area (Å²) >= 11 is 0. The number of hydrogen-bond donors (Lipinski definition) is 1. The van der Waals surface area contributed by atoms with E-state index in [1.54, 1.807) is 5.01 Å². The summed E-state index contributed by atoms with van der Waals surface area (Å²) < 4.78 is 0. The molecule has 0 amide bonds. The van der Waals surface area contributed by atoms with E-state index in [4.69, 9.17) is 0 Å². The van der Waals surface area contributed by atoms with Crippen LogP contribution in [0.5, 0.6) is 0 Å². The Morgan fingerprint density at radius 1 is 1.29 bits per heavy atom. The molecule has 0 aliphatic heterocycles. The summed E-state index contributed by atoms with van der Waals surface area (Å²) in [6.45, 7) is 0. The predicted octanol–water partition coefficient (Wildman–Crippen LogP) is 2.06. The van der Waals surface area contributed by atoms with Crippen LogP contribution in [0.25, 0.3) is 10.9 Å². The van der Waals surface area contributed by atoms with Gasteiger partial charge in [0.25, 0.3) is 0 Å². The quantitative estimate of drug-likeness (QED) is 0.566. The maximum atomic E-state index is 4.17. The first-order valence-corrected chi connectivity index (χ1v) is 4.55. The van der Waals surface area contributed by atoms with Gasteiger partial charge in [-0.15, -0.1) is 0 Å². The van der Waals surface area contributed by atoms with Crippen molar-refractivity contribution >= 4 is 17.1 Å². The fraction of sp³-hybridized carbons (Fsp3) is 0.182. The normalized spacial score (nSPS) is 11.3. The molecule has 0 spiro atoms. The van der Waals surface area contributed by atoms with E-state index in [1.165, 1.54) is 5.39 Å². The van der Waals surface area contributed by atoms with Crippen molar-refractivity contribution in [1.82, 2.24) is 9.99 Å². The highest BCUT2D eigenvalue weighted by Crippen LogP contribution is 2.13. The van der Waals surface area contributed by atoms with Gasteiger partial charge in [-0.05, 0) is 12.1 Å². The van der Waals surface area contributed by atoms with E-state index in [2.05, 4.69) is 28.3 Å². The van der Waals surface area contributed by atoms with E-state index in [1.807, 2.05) is 32.4 Å². The third-order valence-corrected chi connectivity index (χ3v) is 1.98. The molecular formula is C11H13N3. The Morgan fingerprint density at radius 3 is 2.79 bits per heavy atom. The number of nitrogens with zero attached hydrogens (tertiary/aromatic N) is 2. The molecule has 0 aliphatic carbocycles. The van der Waals surface area contributed by atoms with Crippen LogP contribution in [0.15, 0.2) is 35.4 Å². The van der Waals surface area contributed by atoms with Gasteiger partial charge in [0, 0.05) is 25.0 Å². The van der Waals surface area contributed by atoms with E-state index < -0.39 is 0 Å². The van der Waals surface area contributed by atoms with Crippen molar-refractivity contribution < 1.29 is 0 Å². The molecule has 1 N–H and O–H groups in total. The van der Waals surface area contributed by atoms with Crippen molar-refractivity contribution in [2.75, 3.05) is 14.1 Å². The van der Waals surface area contributed by atoms with Gasteiger partial charge in [0.1, 0.15) is 0 Å². The monoisotopic (exact) mass is 187 g/mol. The van der Waals surface area contributed by atoms with Gasteiger partial charge in [-0.1, -0.05) is 18.2 Å². The Balaban J connectivity index is 2.36. The molecule has 0 bridgehead atoms. The third-order valence-electron chi connectivity index (χ3n) is 1.98. The van der Waals surface area contributed by atoms with Crippen molar-refractivity contribution in [3.05, 3.63) is 36.0 Å². The van der Waals surface area contributed by atoms with E-state index in [0.717, 1.165) is 11.2 Å². The smallest absolute Gasteiger partial charge is 0.0705 e. The van der Waals surface area contributed by atoms with Gasteiger partial charge in [-0.3, -0.25) is 0 Å². The van der Waals surface area contributed by atoms with Crippen molar-refractivity contribution in [3.8, 4) is 0 Å². The Hall–Kier alpha value is -1.77. The molecule has 0 aliphatic rings. The molecule has 1 heterocycles. The molecule has 0 fully saturated rings. The lowest BCUT2D eigenvalue weighted by atomic mass is 10.2. The molecule has 72 valence electrons. The molecule has 3 nitrogen and oxygen atoms in total. The van der Waals surface area contributed by atoms with Crippen molar-refractivity contribution in [2.24, 2.45) is 5.10 Å². The minimum absolute atomic E-state index is 1.03. The summed E-state index contributed by atoms with van der Waals surface area (Å²) in [4.78, 5) is 3.27. The molecule has 3 heteroatoms. The number of nitrogens with one attached hydrogen (secondary N) is 1. The molecule has 0 atom stereocenters. The largest absolute Gasteiger partial charge is 0.354 e. The second-order valence-corrected chi connectivity index (χ2v) is 3.40. The fourth-order valence-electron chi connectivity index (χ4n) is 1.34. The lowest BCUT2D eigenvalue weighted by Crippen LogP contribution is -2.01. The lowest BCUT2D eigenvalue weighted by Gasteiger charge is -2.00. The minimum atomic E-state index is 1.03. The van der Waals surface area contributed by atoms with Gasteiger partial charge in [0.2, 0.25) is 0 Å². The highest BCUT2D eigenvalue weighted by Gasteiger charge is 1.96. The molecule has 0 unspecified atom stereocenters. The van der Waals surface area contributed by atoms with E-state index >= 15 is 0 Å². The topological polar surface area (TPSA) is 31.4 Å². The zero-order valence-electron chi connectivity index (χ0n) is 8.36. The lowest BCUT2D eigenvalue weighted by molar-refractivity contribution is 0.440. The number of hydrazone groups is 1. The van der Waals surface area contributed by atoms with Crippen molar-refractivity contribution in [1.29, 1.82) is 0 Å². The fourth-order valence-corrected chi connectivity index (χ4v) is 1.34.